The van der Waals surface area contributed by atoms with Gasteiger partial charge in [0.25, 0.3) is 0 Å². The molecule has 6 heteroatoms. The first kappa shape index (κ1) is 28.7. The second-order valence-corrected chi connectivity index (χ2v) is 8.74. The zero-order valence-corrected chi connectivity index (χ0v) is 18.5. The number of nitrogens with zero attached hydrogens (tertiary/aromatic N) is 1. The van der Waals surface area contributed by atoms with Crippen LogP contribution in [0.3, 0.4) is 0 Å². The third-order valence-corrected chi connectivity index (χ3v) is 3.45. The first-order valence-corrected chi connectivity index (χ1v) is 9.94. The molecule has 28 heavy (non-hydrogen) atoms. The van der Waals surface area contributed by atoms with Gasteiger partial charge in [-0.2, -0.15) is 0 Å². The average molecular weight is 418 g/mol. The van der Waals surface area contributed by atoms with Gasteiger partial charge in [-0.05, 0) is 38.3 Å². The molecule has 162 valence electrons. The van der Waals surface area contributed by atoms with Crippen LogP contribution < -0.4 is 4.74 Å². The summed E-state index contributed by atoms with van der Waals surface area (Å²) < 4.78 is 36.7. The molecule has 0 N–H and O–H groups in total. The molecule has 0 aliphatic rings. The number of rotatable bonds is 4. The van der Waals surface area contributed by atoms with Crippen LogP contribution in [0.15, 0.2) is 29.9 Å². The van der Waals surface area contributed by atoms with Gasteiger partial charge in [-0.15, -0.1) is 11.3 Å². The van der Waals surface area contributed by atoms with Gasteiger partial charge >= 0.3 is 0 Å². The van der Waals surface area contributed by atoms with Crippen molar-refractivity contribution in [1.29, 1.82) is 0 Å². The van der Waals surface area contributed by atoms with Crippen molar-refractivity contribution in [2.45, 2.75) is 75.0 Å². The Labute approximate surface area is 174 Å². The SMILES string of the molecule is C.CC.CC(C)(C)COc1c(F)cccc1F.CC(C)(C)OCc1cncs1. The van der Waals surface area contributed by atoms with Crippen LogP contribution in [-0.2, 0) is 11.3 Å². The summed E-state index contributed by atoms with van der Waals surface area (Å²) >= 11 is 1.63. The van der Waals surface area contributed by atoms with Crippen LogP contribution in [0.25, 0.3) is 0 Å². The van der Waals surface area contributed by atoms with E-state index in [0.717, 1.165) is 0 Å². The number of aromatic nitrogens is 1. The summed E-state index contributed by atoms with van der Waals surface area (Å²) in [5.41, 5.74) is 1.65. The van der Waals surface area contributed by atoms with Crippen LogP contribution in [0.2, 0.25) is 0 Å². The lowest BCUT2D eigenvalue weighted by atomic mass is 9.99. The molecule has 0 amide bonds. The Bertz CT molecular complexity index is 613. The minimum atomic E-state index is -0.658. The molecule has 0 atom stereocenters. The Kier molecular flexibility index (Phi) is 13.9. The minimum Gasteiger partial charge on any atom is -0.487 e. The van der Waals surface area contributed by atoms with Gasteiger partial charge in [0.2, 0.25) is 0 Å². The highest BCUT2D eigenvalue weighted by atomic mass is 32.1. The highest BCUT2D eigenvalue weighted by molar-refractivity contribution is 7.09. The summed E-state index contributed by atoms with van der Waals surface area (Å²) in [5.74, 6) is -1.61. The normalized spacial score (nSPS) is 10.6. The summed E-state index contributed by atoms with van der Waals surface area (Å²) in [5, 5.41) is 0. The van der Waals surface area contributed by atoms with E-state index in [1.807, 2.05) is 67.1 Å². The molecular weight excluding hydrogens is 380 g/mol. The number of ether oxygens (including phenoxy) is 2. The summed E-state index contributed by atoms with van der Waals surface area (Å²) in [6.07, 6.45) is 1.84. The van der Waals surface area contributed by atoms with Gasteiger partial charge in [-0.1, -0.05) is 48.1 Å². The van der Waals surface area contributed by atoms with Gasteiger partial charge in [-0.25, -0.2) is 8.78 Å². The fourth-order valence-electron chi connectivity index (χ4n) is 1.51. The van der Waals surface area contributed by atoms with Crippen molar-refractivity contribution >= 4 is 11.3 Å². The van der Waals surface area contributed by atoms with Crippen molar-refractivity contribution in [2.75, 3.05) is 6.61 Å². The molecule has 0 spiro atoms. The molecule has 0 unspecified atom stereocenters. The van der Waals surface area contributed by atoms with Crippen LogP contribution in [0.4, 0.5) is 8.78 Å². The van der Waals surface area contributed by atoms with Crippen LogP contribution in [0, 0.1) is 17.0 Å². The molecule has 1 aromatic carbocycles. The van der Waals surface area contributed by atoms with Crippen molar-refractivity contribution in [3.63, 3.8) is 0 Å². The molecule has 0 aliphatic heterocycles. The van der Waals surface area contributed by atoms with E-state index in [1.54, 1.807) is 11.3 Å². The number of hydrogen-bond donors (Lipinski definition) is 0. The highest BCUT2D eigenvalue weighted by Gasteiger charge is 2.15. The van der Waals surface area contributed by atoms with Crippen LogP contribution in [-0.4, -0.2) is 17.2 Å². The van der Waals surface area contributed by atoms with Gasteiger partial charge in [0.15, 0.2) is 17.4 Å². The first-order valence-electron chi connectivity index (χ1n) is 9.06. The predicted molar refractivity (Wildman–Crippen MR) is 116 cm³/mol. The Morgan fingerprint density at radius 2 is 1.54 bits per heavy atom. The second kappa shape index (κ2) is 13.6. The molecule has 0 saturated heterocycles. The third-order valence-electron chi connectivity index (χ3n) is 2.70. The van der Waals surface area contributed by atoms with E-state index in [2.05, 4.69) is 4.98 Å². The molecule has 2 rings (SSSR count). The van der Waals surface area contributed by atoms with Crippen molar-refractivity contribution in [3.05, 3.63) is 46.4 Å². The maximum atomic E-state index is 13.1. The molecule has 0 bridgehead atoms. The number of thiazole rings is 1. The third kappa shape index (κ3) is 13.6. The van der Waals surface area contributed by atoms with Gasteiger partial charge in [0, 0.05) is 6.20 Å². The van der Waals surface area contributed by atoms with Crippen molar-refractivity contribution < 1.29 is 18.3 Å². The lowest BCUT2D eigenvalue weighted by Gasteiger charge is -2.19. The summed E-state index contributed by atoms with van der Waals surface area (Å²) in [7, 11) is 0. The van der Waals surface area contributed by atoms with E-state index in [-0.39, 0.29) is 30.8 Å². The van der Waals surface area contributed by atoms with Crippen LogP contribution in [0.5, 0.6) is 5.75 Å². The number of para-hydroxylation sites is 1. The molecule has 3 nitrogen and oxygen atoms in total. The lowest BCUT2D eigenvalue weighted by Crippen LogP contribution is -2.18. The highest BCUT2D eigenvalue weighted by Crippen LogP contribution is 2.23. The Hall–Kier alpha value is -1.53. The summed E-state index contributed by atoms with van der Waals surface area (Å²) in [6, 6.07) is 3.68. The van der Waals surface area contributed by atoms with Gasteiger partial charge in [0.05, 0.1) is 29.2 Å². The van der Waals surface area contributed by atoms with Gasteiger partial charge < -0.3 is 9.47 Å². The first-order chi connectivity index (χ1) is 12.5. The molecule has 0 aliphatic carbocycles. The fraction of sp³-hybridized carbons (Fsp3) is 0.591. The monoisotopic (exact) mass is 417 g/mol. The van der Waals surface area contributed by atoms with E-state index in [9.17, 15) is 8.78 Å². The van der Waals surface area contributed by atoms with Crippen molar-refractivity contribution in [3.8, 4) is 5.75 Å². The van der Waals surface area contributed by atoms with E-state index in [0.29, 0.717) is 6.61 Å². The Morgan fingerprint density at radius 1 is 1.00 bits per heavy atom. The molecule has 0 fully saturated rings. The summed E-state index contributed by atoms with van der Waals surface area (Å²) in [4.78, 5) is 5.14. The van der Waals surface area contributed by atoms with Crippen molar-refractivity contribution in [2.24, 2.45) is 5.41 Å². The number of hydrogen-bond acceptors (Lipinski definition) is 4. The molecule has 2 aromatic rings. The molecule has 1 heterocycles. The minimum absolute atomic E-state index is 0. The van der Waals surface area contributed by atoms with Crippen LogP contribution >= 0.6 is 11.3 Å². The Balaban J connectivity index is 0. The van der Waals surface area contributed by atoms with Crippen LogP contribution in [0.1, 0.15) is 67.7 Å². The fourth-order valence-corrected chi connectivity index (χ4v) is 2.02. The molecule has 1 aromatic heterocycles. The van der Waals surface area contributed by atoms with Gasteiger partial charge in [-0.3, -0.25) is 4.98 Å². The number of halogens is 2. The molecule has 0 radical (unpaired) electrons. The molecular formula is C22H37F2NO2S. The van der Waals surface area contributed by atoms with Gasteiger partial charge in [0.1, 0.15) is 0 Å². The maximum absolute atomic E-state index is 13.1. The van der Waals surface area contributed by atoms with E-state index < -0.39 is 11.6 Å². The average Bonchev–Trinajstić information content (AvgIpc) is 3.07. The van der Waals surface area contributed by atoms with E-state index in [4.69, 9.17) is 9.47 Å². The maximum Gasteiger partial charge on any atom is 0.190 e. The van der Waals surface area contributed by atoms with E-state index >= 15 is 0 Å². The molecule has 0 saturated carbocycles. The topological polar surface area (TPSA) is 31.4 Å². The Morgan fingerprint density at radius 3 is 1.93 bits per heavy atom. The van der Waals surface area contributed by atoms with Crippen molar-refractivity contribution in [1.82, 2.24) is 4.98 Å². The zero-order valence-electron chi connectivity index (χ0n) is 17.7. The number of benzene rings is 1. The largest absolute Gasteiger partial charge is 0.487 e. The second-order valence-electron chi connectivity index (χ2n) is 7.77. The standard InChI is InChI=1S/C11H14F2O.C8H13NOS.C2H6.CH4/c1-11(2,3)7-14-10-8(12)5-4-6-9(10)13;1-8(2,3)10-5-7-4-9-6-11-7;1-2;/h4-6H,7H2,1-3H3;4,6H,5H2,1-3H3;1-2H3;1H4. The smallest absolute Gasteiger partial charge is 0.190 e. The predicted octanol–water partition coefficient (Wildman–Crippen LogP) is 7.51. The van der Waals surface area contributed by atoms with E-state index in [1.165, 1.54) is 23.1 Å². The zero-order chi connectivity index (χ0) is 21.1. The lowest BCUT2D eigenvalue weighted by molar-refractivity contribution is -0.0137. The quantitative estimate of drug-likeness (QED) is 0.516. The summed E-state index contributed by atoms with van der Waals surface area (Å²) in [6.45, 7) is 16.9.